The molecule has 0 aliphatic rings. The molecule has 0 heterocycles. The van der Waals surface area contributed by atoms with E-state index in [1.807, 2.05) is 0 Å². The lowest BCUT2D eigenvalue weighted by Gasteiger charge is -2.25. The van der Waals surface area contributed by atoms with Gasteiger partial charge in [-0.3, -0.25) is 0 Å². The lowest BCUT2D eigenvalue weighted by molar-refractivity contribution is 0.0535. The average Bonchev–Trinajstić information content (AvgIpc) is 1.86. The first-order valence-electron chi connectivity index (χ1n) is 4.66. The number of hydrogen-bond acceptors (Lipinski definition) is 1. The van der Waals surface area contributed by atoms with E-state index in [2.05, 4.69) is 27.7 Å². The molecule has 11 heavy (non-hydrogen) atoms. The van der Waals surface area contributed by atoms with Gasteiger partial charge in [-0.15, -0.1) is 0 Å². The number of unbranched alkanes of at least 4 members (excludes halogenated alkanes) is 2. The third-order valence-corrected chi connectivity index (χ3v) is 2.08. The largest absolute Gasteiger partial charge is 0.393 e. The van der Waals surface area contributed by atoms with E-state index < -0.39 is 0 Å². The Bertz CT molecular complexity index is 91.5. The van der Waals surface area contributed by atoms with Crippen molar-refractivity contribution in [1.29, 1.82) is 0 Å². The van der Waals surface area contributed by atoms with Crippen LogP contribution in [0, 0.1) is 5.41 Å². The summed E-state index contributed by atoms with van der Waals surface area (Å²) < 4.78 is 0. The summed E-state index contributed by atoms with van der Waals surface area (Å²) in [7, 11) is 0. The van der Waals surface area contributed by atoms with Crippen LogP contribution in [-0.4, -0.2) is 11.2 Å². The molecule has 0 aliphatic carbocycles. The first-order valence-corrected chi connectivity index (χ1v) is 4.66. The Morgan fingerprint density at radius 2 is 1.73 bits per heavy atom. The SMILES string of the molecule is CCCCC[C@@H](O)C(C)(C)C. The van der Waals surface area contributed by atoms with Crippen LogP contribution in [0.1, 0.15) is 53.4 Å². The third-order valence-electron chi connectivity index (χ3n) is 2.08. The summed E-state index contributed by atoms with van der Waals surface area (Å²) in [6.45, 7) is 8.44. The highest BCUT2D eigenvalue weighted by Gasteiger charge is 2.20. The van der Waals surface area contributed by atoms with E-state index in [1.54, 1.807) is 0 Å². The van der Waals surface area contributed by atoms with Gasteiger partial charge in [0, 0.05) is 0 Å². The second-order valence-electron chi connectivity index (χ2n) is 4.38. The zero-order chi connectivity index (χ0) is 8.91. The zero-order valence-corrected chi connectivity index (χ0v) is 8.35. The minimum absolute atomic E-state index is 0.0632. The van der Waals surface area contributed by atoms with Crippen molar-refractivity contribution < 1.29 is 5.11 Å². The van der Waals surface area contributed by atoms with Crippen LogP contribution in [0.5, 0.6) is 0 Å². The van der Waals surface area contributed by atoms with Crippen molar-refractivity contribution in [3.05, 3.63) is 0 Å². The van der Waals surface area contributed by atoms with Crippen LogP contribution in [0.4, 0.5) is 0 Å². The number of hydrogen-bond donors (Lipinski definition) is 1. The lowest BCUT2D eigenvalue weighted by Crippen LogP contribution is -2.25. The standard InChI is InChI=1S/C10H22O/c1-5-6-7-8-9(11)10(2,3)4/h9,11H,5-8H2,1-4H3/t9-/m1/s1. The highest BCUT2D eigenvalue weighted by Crippen LogP contribution is 2.23. The van der Waals surface area contributed by atoms with Crippen LogP contribution in [0.3, 0.4) is 0 Å². The van der Waals surface area contributed by atoms with E-state index in [0.717, 1.165) is 12.8 Å². The molecule has 0 radical (unpaired) electrons. The van der Waals surface area contributed by atoms with Crippen molar-refractivity contribution in [2.24, 2.45) is 5.41 Å². The topological polar surface area (TPSA) is 20.2 Å². The Balaban J connectivity index is 3.44. The Morgan fingerprint density at radius 1 is 1.18 bits per heavy atom. The van der Waals surface area contributed by atoms with Crippen LogP contribution < -0.4 is 0 Å². The monoisotopic (exact) mass is 158 g/mol. The summed E-state index contributed by atoms with van der Waals surface area (Å²) in [5.74, 6) is 0. The predicted octanol–water partition coefficient (Wildman–Crippen LogP) is 2.97. The van der Waals surface area contributed by atoms with Crippen LogP contribution in [0.2, 0.25) is 0 Å². The molecule has 0 saturated carbocycles. The van der Waals surface area contributed by atoms with Crippen molar-refractivity contribution in [2.75, 3.05) is 0 Å². The first kappa shape index (κ1) is 11.0. The molecular weight excluding hydrogens is 136 g/mol. The van der Waals surface area contributed by atoms with Gasteiger partial charge in [0.25, 0.3) is 0 Å². The normalized spacial score (nSPS) is 15.0. The highest BCUT2D eigenvalue weighted by atomic mass is 16.3. The second-order valence-corrected chi connectivity index (χ2v) is 4.38. The van der Waals surface area contributed by atoms with Crippen LogP contribution in [-0.2, 0) is 0 Å². The maximum atomic E-state index is 9.61. The minimum Gasteiger partial charge on any atom is -0.393 e. The summed E-state index contributed by atoms with van der Waals surface area (Å²) in [6.07, 6.45) is 4.46. The van der Waals surface area contributed by atoms with E-state index in [4.69, 9.17) is 0 Å². The molecule has 1 heteroatoms. The Kier molecular flexibility index (Phi) is 4.74. The van der Waals surface area contributed by atoms with Gasteiger partial charge in [-0.25, -0.2) is 0 Å². The van der Waals surface area contributed by atoms with E-state index in [0.29, 0.717) is 0 Å². The Labute approximate surface area is 70.8 Å². The number of aliphatic hydroxyl groups excluding tert-OH is 1. The van der Waals surface area contributed by atoms with Crippen molar-refractivity contribution in [3.63, 3.8) is 0 Å². The van der Waals surface area contributed by atoms with Crippen LogP contribution >= 0.6 is 0 Å². The fourth-order valence-electron chi connectivity index (χ4n) is 1.02. The van der Waals surface area contributed by atoms with Crippen molar-refractivity contribution >= 4 is 0 Å². The molecule has 0 unspecified atom stereocenters. The molecule has 0 aromatic carbocycles. The van der Waals surface area contributed by atoms with E-state index >= 15 is 0 Å². The smallest absolute Gasteiger partial charge is 0.0588 e. The van der Waals surface area contributed by atoms with Crippen molar-refractivity contribution in [3.8, 4) is 0 Å². The quantitative estimate of drug-likeness (QED) is 0.624. The molecule has 1 nitrogen and oxygen atoms in total. The summed E-state index contributed by atoms with van der Waals surface area (Å²) in [5.41, 5.74) is 0.0632. The molecule has 0 fully saturated rings. The maximum absolute atomic E-state index is 9.61. The van der Waals surface area contributed by atoms with E-state index in [-0.39, 0.29) is 11.5 Å². The molecule has 0 rings (SSSR count). The maximum Gasteiger partial charge on any atom is 0.0588 e. The fourth-order valence-corrected chi connectivity index (χ4v) is 1.02. The molecule has 68 valence electrons. The van der Waals surface area contributed by atoms with Gasteiger partial charge in [-0.1, -0.05) is 47.0 Å². The molecule has 0 aromatic rings. The van der Waals surface area contributed by atoms with Gasteiger partial charge in [0.1, 0.15) is 0 Å². The van der Waals surface area contributed by atoms with E-state index in [1.165, 1.54) is 12.8 Å². The second kappa shape index (κ2) is 4.76. The molecule has 1 N–H and O–H groups in total. The van der Waals surface area contributed by atoms with E-state index in [9.17, 15) is 5.11 Å². The van der Waals surface area contributed by atoms with Crippen LogP contribution in [0.25, 0.3) is 0 Å². The summed E-state index contributed by atoms with van der Waals surface area (Å²) >= 11 is 0. The van der Waals surface area contributed by atoms with Crippen molar-refractivity contribution in [1.82, 2.24) is 0 Å². The van der Waals surface area contributed by atoms with Gasteiger partial charge < -0.3 is 5.11 Å². The van der Waals surface area contributed by atoms with Crippen molar-refractivity contribution in [2.45, 2.75) is 59.5 Å². The van der Waals surface area contributed by atoms with Crippen LogP contribution in [0.15, 0.2) is 0 Å². The number of rotatable bonds is 4. The molecule has 0 aliphatic heterocycles. The Morgan fingerprint density at radius 3 is 2.09 bits per heavy atom. The summed E-state index contributed by atoms with van der Waals surface area (Å²) in [4.78, 5) is 0. The highest BCUT2D eigenvalue weighted by molar-refractivity contribution is 4.71. The first-order chi connectivity index (χ1) is 4.98. The molecule has 0 saturated heterocycles. The third kappa shape index (κ3) is 5.25. The van der Waals surface area contributed by atoms with Gasteiger partial charge in [-0.05, 0) is 11.8 Å². The van der Waals surface area contributed by atoms with Gasteiger partial charge >= 0.3 is 0 Å². The number of aliphatic hydroxyl groups is 1. The van der Waals surface area contributed by atoms with Gasteiger partial charge in [0.05, 0.1) is 6.10 Å². The lowest BCUT2D eigenvalue weighted by atomic mass is 9.86. The average molecular weight is 158 g/mol. The fraction of sp³-hybridized carbons (Fsp3) is 1.00. The minimum atomic E-state index is -0.131. The molecular formula is C10H22O. The van der Waals surface area contributed by atoms with Gasteiger partial charge in [-0.2, -0.15) is 0 Å². The van der Waals surface area contributed by atoms with Gasteiger partial charge in [0.2, 0.25) is 0 Å². The summed E-state index contributed by atoms with van der Waals surface area (Å²) in [5, 5.41) is 9.61. The molecule has 0 aromatic heterocycles. The molecule has 1 atom stereocenters. The molecule has 0 spiro atoms. The Hall–Kier alpha value is -0.0400. The zero-order valence-electron chi connectivity index (χ0n) is 8.35. The summed E-state index contributed by atoms with van der Waals surface area (Å²) in [6, 6.07) is 0. The molecule has 0 amide bonds. The molecule has 0 bridgehead atoms. The van der Waals surface area contributed by atoms with Gasteiger partial charge in [0.15, 0.2) is 0 Å². The predicted molar refractivity (Wildman–Crippen MR) is 49.6 cm³/mol.